The topological polar surface area (TPSA) is 9.23 Å². The maximum absolute atomic E-state index is 6.58. The number of hydrogen-bond donors (Lipinski definition) is 0. The van der Waals surface area contributed by atoms with E-state index in [4.69, 9.17) is 4.43 Å². The van der Waals surface area contributed by atoms with Crippen molar-refractivity contribution in [3.05, 3.63) is 83.9 Å². The molecule has 0 heterocycles. The Balaban J connectivity index is 2.36. The monoisotopic (exact) mass is 348 g/mol. The highest BCUT2D eigenvalue weighted by molar-refractivity contribution is 6.74. The quantitative estimate of drug-likeness (QED) is 0.356. The van der Waals surface area contributed by atoms with Gasteiger partial charge in [-0.2, -0.15) is 0 Å². The molecule has 1 atom stereocenters. The highest BCUT2D eigenvalue weighted by Crippen LogP contribution is 2.40. The Hall–Kier alpha value is -2.08. The van der Waals surface area contributed by atoms with Crippen LogP contribution in [0.5, 0.6) is 0 Å². The van der Waals surface area contributed by atoms with Gasteiger partial charge in [0.05, 0.1) is 6.10 Å². The third-order valence-corrected chi connectivity index (χ3v) is 9.28. The molecule has 0 spiro atoms. The Morgan fingerprint density at radius 2 is 1.56 bits per heavy atom. The zero-order valence-corrected chi connectivity index (χ0v) is 17.0. The molecule has 0 saturated heterocycles. The Bertz CT molecular complexity index is 773. The van der Waals surface area contributed by atoms with Crippen molar-refractivity contribution in [1.82, 2.24) is 0 Å². The van der Waals surface area contributed by atoms with Crippen LogP contribution in [0.2, 0.25) is 18.1 Å². The lowest BCUT2D eigenvalue weighted by Crippen LogP contribution is -2.41. The van der Waals surface area contributed by atoms with Crippen LogP contribution in [0.25, 0.3) is 0 Å². The lowest BCUT2D eigenvalue weighted by Gasteiger charge is -2.38. The minimum atomic E-state index is -1.90. The lowest BCUT2D eigenvalue weighted by molar-refractivity contribution is 0.229. The van der Waals surface area contributed by atoms with Gasteiger partial charge in [0.2, 0.25) is 0 Å². The maximum Gasteiger partial charge on any atom is 0.193 e. The first-order chi connectivity index (χ1) is 11.7. The summed E-state index contributed by atoms with van der Waals surface area (Å²) in [6.45, 7) is 15.3. The van der Waals surface area contributed by atoms with Crippen LogP contribution in [-0.2, 0) is 4.43 Å². The molecule has 2 rings (SSSR count). The molecular formula is C23H28OSi. The van der Waals surface area contributed by atoms with Crippen molar-refractivity contribution in [2.45, 2.75) is 45.0 Å². The molecule has 2 heteroatoms. The summed E-state index contributed by atoms with van der Waals surface area (Å²) < 4.78 is 6.58. The first-order valence-electron chi connectivity index (χ1n) is 8.71. The van der Waals surface area contributed by atoms with Gasteiger partial charge in [0.15, 0.2) is 8.32 Å². The fraction of sp³-hybridized carbons (Fsp3) is 0.304. The van der Waals surface area contributed by atoms with Gasteiger partial charge in [-0.3, -0.25) is 0 Å². The highest BCUT2D eigenvalue weighted by Gasteiger charge is 2.39. The van der Waals surface area contributed by atoms with Crippen molar-refractivity contribution in [2.75, 3.05) is 0 Å². The van der Waals surface area contributed by atoms with E-state index in [9.17, 15) is 0 Å². The normalized spacial score (nSPS) is 12.8. The lowest BCUT2D eigenvalue weighted by atomic mass is 10.0. The minimum Gasteiger partial charge on any atom is -0.406 e. The van der Waals surface area contributed by atoms with Crippen LogP contribution in [0.15, 0.2) is 67.3 Å². The van der Waals surface area contributed by atoms with Gasteiger partial charge in [0.1, 0.15) is 0 Å². The van der Waals surface area contributed by atoms with Gasteiger partial charge < -0.3 is 4.43 Å². The summed E-state index contributed by atoms with van der Waals surface area (Å²) in [6, 6.07) is 18.2. The van der Waals surface area contributed by atoms with E-state index in [0.717, 1.165) is 16.7 Å². The number of rotatable bonds is 4. The van der Waals surface area contributed by atoms with Crippen LogP contribution in [0.4, 0.5) is 0 Å². The Labute approximate surface area is 153 Å². The third-order valence-electron chi connectivity index (χ3n) is 4.82. The molecule has 2 aromatic rings. The molecule has 0 saturated carbocycles. The molecule has 2 aromatic carbocycles. The molecule has 0 bridgehead atoms. The van der Waals surface area contributed by atoms with Gasteiger partial charge in [-0.15, -0.1) is 6.58 Å². The van der Waals surface area contributed by atoms with Gasteiger partial charge in [-0.1, -0.05) is 75.1 Å². The van der Waals surface area contributed by atoms with E-state index in [2.05, 4.69) is 64.4 Å². The predicted octanol–water partition coefficient (Wildman–Crippen LogP) is 6.34. The average Bonchev–Trinajstić information content (AvgIpc) is 2.58. The minimum absolute atomic E-state index is 0.137. The van der Waals surface area contributed by atoms with Crippen LogP contribution < -0.4 is 0 Å². The van der Waals surface area contributed by atoms with Crippen molar-refractivity contribution >= 4 is 8.32 Å². The van der Waals surface area contributed by atoms with Crippen molar-refractivity contribution < 1.29 is 4.43 Å². The smallest absolute Gasteiger partial charge is 0.193 e. The van der Waals surface area contributed by atoms with Crippen molar-refractivity contribution in [2.24, 2.45) is 0 Å². The molecule has 0 fully saturated rings. The van der Waals surface area contributed by atoms with E-state index < -0.39 is 8.32 Å². The van der Waals surface area contributed by atoms with Gasteiger partial charge >= 0.3 is 0 Å². The Morgan fingerprint density at radius 1 is 0.960 bits per heavy atom. The second kappa shape index (κ2) is 7.87. The summed E-state index contributed by atoms with van der Waals surface area (Å²) in [7, 11) is -1.90. The van der Waals surface area contributed by atoms with Gasteiger partial charge in [-0.25, -0.2) is 0 Å². The molecule has 0 amide bonds. The van der Waals surface area contributed by atoms with E-state index in [1.807, 2.05) is 48.5 Å². The fourth-order valence-corrected chi connectivity index (χ4v) is 3.46. The van der Waals surface area contributed by atoms with Crippen LogP contribution >= 0.6 is 0 Å². The second-order valence-corrected chi connectivity index (χ2v) is 12.5. The van der Waals surface area contributed by atoms with Crippen LogP contribution in [0, 0.1) is 11.8 Å². The van der Waals surface area contributed by atoms with Crippen LogP contribution in [0.3, 0.4) is 0 Å². The van der Waals surface area contributed by atoms with Crippen molar-refractivity contribution in [3.8, 4) is 11.8 Å². The fourth-order valence-electron chi connectivity index (χ4n) is 2.25. The Kier molecular flexibility index (Phi) is 6.05. The SMILES string of the molecule is C=CC(O[Si](C)(C)C(C)(C)C)c1ccccc1C#Cc1ccccc1. The molecule has 1 nitrogen and oxygen atoms in total. The standard InChI is InChI=1S/C23H28OSi/c1-7-22(24-25(5,6)23(2,3)4)21-16-12-11-15-20(21)18-17-19-13-9-8-10-14-19/h7-16,22H,1H2,2-6H3. The van der Waals surface area contributed by atoms with E-state index in [0.29, 0.717) is 0 Å². The maximum atomic E-state index is 6.58. The van der Waals surface area contributed by atoms with E-state index in [1.54, 1.807) is 0 Å². The third kappa shape index (κ3) is 4.95. The predicted molar refractivity (Wildman–Crippen MR) is 110 cm³/mol. The molecule has 0 aliphatic heterocycles. The number of benzene rings is 2. The van der Waals surface area contributed by atoms with E-state index in [1.165, 1.54) is 0 Å². The molecule has 1 unspecified atom stereocenters. The molecule has 25 heavy (non-hydrogen) atoms. The van der Waals surface area contributed by atoms with E-state index >= 15 is 0 Å². The van der Waals surface area contributed by atoms with Crippen LogP contribution in [0.1, 0.15) is 43.6 Å². The molecule has 0 N–H and O–H groups in total. The summed E-state index contributed by atoms with van der Waals surface area (Å²) in [5.74, 6) is 6.55. The molecule has 130 valence electrons. The average molecular weight is 349 g/mol. The Morgan fingerprint density at radius 3 is 2.16 bits per heavy atom. The van der Waals surface area contributed by atoms with Gasteiger partial charge in [-0.05, 0) is 41.9 Å². The summed E-state index contributed by atoms with van der Waals surface area (Å²) >= 11 is 0. The molecule has 0 aliphatic rings. The first-order valence-corrected chi connectivity index (χ1v) is 11.6. The van der Waals surface area contributed by atoms with Gasteiger partial charge in [0.25, 0.3) is 0 Å². The molecule has 0 aromatic heterocycles. The zero-order valence-electron chi connectivity index (χ0n) is 16.0. The first kappa shape index (κ1) is 19.2. The number of hydrogen-bond acceptors (Lipinski definition) is 1. The summed E-state index contributed by atoms with van der Waals surface area (Å²) in [6.07, 6.45) is 1.76. The van der Waals surface area contributed by atoms with E-state index in [-0.39, 0.29) is 11.1 Å². The largest absolute Gasteiger partial charge is 0.406 e. The molecular weight excluding hydrogens is 320 g/mol. The molecule has 0 aliphatic carbocycles. The summed E-state index contributed by atoms with van der Waals surface area (Å²) in [5.41, 5.74) is 3.10. The zero-order chi connectivity index (χ0) is 18.5. The molecule has 0 radical (unpaired) electrons. The highest BCUT2D eigenvalue weighted by atomic mass is 28.4. The summed E-state index contributed by atoms with van der Waals surface area (Å²) in [4.78, 5) is 0. The van der Waals surface area contributed by atoms with Crippen LogP contribution in [-0.4, -0.2) is 8.32 Å². The second-order valence-electron chi connectivity index (χ2n) is 7.74. The van der Waals surface area contributed by atoms with Gasteiger partial charge in [0, 0.05) is 11.1 Å². The summed E-state index contributed by atoms with van der Waals surface area (Å²) in [5, 5.41) is 0.152. The van der Waals surface area contributed by atoms with Crippen molar-refractivity contribution in [1.29, 1.82) is 0 Å². The van der Waals surface area contributed by atoms with Crippen molar-refractivity contribution in [3.63, 3.8) is 0 Å².